The Kier molecular flexibility index (Phi) is 6.29. The Bertz CT molecular complexity index is 1330. The summed E-state index contributed by atoms with van der Waals surface area (Å²) in [5, 5.41) is 12.8. The van der Waals surface area contributed by atoms with Crippen LogP contribution in [0, 0.1) is 0 Å². The lowest BCUT2D eigenvalue weighted by molar-refractivity contribution is -0.113. The van der Waals surface area contributed by atoms with Crippen molar-refractivity contribution in [3.63, 3.8) is 0 Å². The molecule has 0 spiro atoms. The molecule has 1 amide bonds. The Morgan fingerprint density at radius 2 is 1.82 bits per heavy atom. The van der Waals surface area contributed by atoms with Gasteiger partial charge in [-0.25, -0.2) is 0 Å². The van der Waals surface area contributed by atoms with E-state index in [1.165, 1.54) is 11.8 Å². The number of nitrogens with one attached hydrogen (secondary N) is 1. The summed E-state index contributed by atoms with van der Waals surface area (Å²) in [6, 6.07) is 20.2. The molecule has 0 unspecified atom stereocenters. The molecule has 0 saturated carbocycles. The fourth-order valence-corrected chi connectivity index (χ4v) is 4.29. The number of methoxy groups -OCH3 is 1. The SMILES string of the molecule is COc1ccc(-c2nnc(SCC(=O)Nc3ccc4c(c3)OCO4)n2-c2ccc(Cl)cc2)cc1. The van der Waals surface area contributed by atoms with Crippen LogP contribution in [0.1, 0.15) is 0 Å². The van der Waals surface area contributed by atoms with Crippen molar-refractivity contribution in [1.82, 2.24) is 14.8 Å². The number of aromatic nitrogens is 3. The van der Waals surface area contributed by atoms with Gasteiger partial charge in [-0.3, -0.25) is 9.36 Å². The molecular formula is C24H19ClN4O4S. The molecule has 1 N–H and O–H groups in total. The summed E-state index contributed by atoms with van der Waals surface area (Å²) < 4.78 is 17.8. The lowest BCUT2D eigenvalue weighted by Gasteiger charge is -2.11. The van der Waals surface area contributed by atoms with Gasteiger partial charge in [0.25, 0.3) is 0 Å². The van der Waals surface area contributed by atoms with Crippen LogP contribution in [0.2, 0.25) is 5.02 Å². The van der Waals surface area contributed by atoms with Crippen LogP contribution in [0.15, 0.2) is 71.9 Å². The first-order valence-corrected chi connectivity index (χ1v) is 11.6. The standard InChI is InChI=1S/C24H19ClN4O4S/c1-31-19-9-2-15(3-10-19)23-27-28-24(29(23)18-7-4-16(25)5-8-18)34-13-22(30)26-17-6-11-20-21(12-17)33-14-32-20/h2-12H,13-14H2,1H3,(H,26,30). The lowest BCUT2D eigenvalue weighted by atomic mass is 10.2. The summed E-state index contributed by atoms with van der Waals surface area (Å²) >= 11 is 7.37. The molecule has 0 aliphatic carbocycles. The Hall–Kier alpha value is -3.69. The molecule has 2 heterocycles. The number of halogens is 1. The second kappa shape index (κ2) is 9.66. The second-order valence-electron chi connectivity index (χ2n) is 7.25. The molecule has 1 aliphatic rings. The van der Waals surface area contributed by atoms with E-state index in [0.717, 1.165) is 17.0 Å². The van der Waals surface area contributed by atoms with Gasteiger partial charge in [0.1, 0.15) is 5.75 Å². The van der Waals surface area contributed by atoms with Gasteiger partial charge in [0, 0.05) is 28.0 Å². The zero-order chi connectivity index (χ0) is 23.5. The number of amides is 1. The van der Waals surface area contributed by atoms with E-state index in [4.69, 9.17) is 25.8 Å². The summed E-state index contributed by atoms with van der Waals surface area (Å²) in [5.41, 5.74) is 2.33. The second-order valence-corrected chi connectivity index (χ2v) is 8.63. The van der Waals surface area contributed by atoms with E-state index in [2.05, 4.69) is 15.5 Å². The first-order chi connectivity index (χ1) is 16.6. The molecule has 0 saturated heterocycles. The van der Waals surface area contributed by atoms with Crippen molar-refractivity contribution in [2.45, 2.75) is 5.16 Å². The molecule has 34 heavy (non-hydrogen) atoms. The predicted octanol–water partition coefficient (Wildman–Crippen LogP) is 5.06. The van der Waals surface area contributed by atoms with Gasteiger partial charge in [-0.05, 0) is 60.7 Å². The fraction of sp³-hybridized carbons (Fsp3) is 0.125. The van der Waals surface area contributed by atoms with Crippen molar-refractivity contribution in [1.29, 1.82) is 0 Å². The molecule has 0 atom stereocenters. The van der Waals surface area contributed by atoms with Crippen molar-refractivity contribution in [3.8, 4) is 34.3 Å². The van der Waals surface area contributed by atoms with Crippen LogP contribution in [0.25, 0.3) is 17.1 Å². The Morgan fingerprint density at radius 1 is 1.06 bits per heavy atom. The highest BCUT2D eigenvalue weighted by Crippen LogP contribution is 2.34. The lowest BCUT2D eigenvalue weighted by Crippen LogP contribution is -2.14. The van der Waals surface area contributed by atoms with Gasteiger partial charge in [0.05, 0.1) is 12.9 Å². The maximum Gasteiger partial charge on any atom is 0.234 e. The highest BCUT2D eigenvalue weighted by molar-refractivity contribution is 7.99. The van der Waals surface area contributed by atoms with Crippen molar-refractivity contribution < 1.29 is 19.0 Å². The largest absolute Gasteiger partial charge is 0.497 e. The minimum atomic E-state index is -0.180. The first kappa shape index (κ1) is 22.1. The fourth-order valence-electron chi connectivity index (χ4n) is 3.41. The molecular weight excluding hydrogens is 476 g/mol. The molecule has 5 rings (SSSR count). The third kappa shape index (κ3) is 4.66. The molecule has 172 valence electrons. The van der Waals surface area contributed by atoms with E-state index in [1.54, 1.807) is 37.4 Å². The van der Waals surface area contributed by atoms with E-state index in [1.807, 2.05) is 41.0 Å². The van der Waals surface area contributed by atoms with E-state index < -0.39 is 0 Å². The number of hydrogen-bond donors (Lipinski definition) is 1. The number of fused-ring (bicyclic) bond motifs is 1. The normalized spacial score (nSPS) is 11.9. The van der Waals surface area contributed by atoms with Crippen LogP contribution in [-0.2, 0) is 4.79 Å². The van der Waals surface area contributed by atoms with Crippen LogP contribution in [-0.4, -0.2) is 40.3 Å². The highest BCUT2D eigenvalue weighted by atomic mass is 35.5. The smallest absolute Gasteiger partial charge is 0.234 e. The monoisotopic (exact) mass is 494 g/mol. The third-order valence-corrected chi connectivity index (χ3v) is 6.24. The van der Waals surface area contributed by atoms with Crippen molar-refractivity contribution in [2.24, 2.45) is 0 Å². The molecule has 4 aromatic rings. The average Bonchev–Trinajstić information content (AvgIpc) is 3.50. The van der Waals surface area contributed by atoms with Gasteiger partial charge >= 0.3 is 0 Å². The number of carbonyl (C=O) groups is 1. The zero-order valence-electron chi connectivity index (χ0n) is 18.0. The molecule has 0 fully saturated rings. The first-order valence-electron chi connectivity index (χ1n) is 10.3. The summed E-state index contributed by atoms with van der Waals surface area (Å²) in [6.07, 6.45) is 0. The van der Waals surface area contributed by atoms with Crippen LogP contribution in [0.3, 0.4) is 0 Å². The summed E-state index contributed by atoms with van der Waals surface area (Å²) in [7, 11) is 1.62. The van der Waals surface area contributed by atoms with Crippen molar-refractivity contribution in [3.05, 3.63) is 71.8 Å². The summed E-state index contributed by atoms with van der Waals surface area (Å²) in [4.78, 5) is 12.6. The van der Waals surface area contributed by atoms with Gasteiger partial charge in [0.2, 0.25) is 12.7 Å². The Morgan fingerprint density at radius 3 is 2.59 bits per heavy atom. The minimum absolute atomic E-state index is 0.142. The van der Waals surface area contributed by atoms with E-state index in [9.17, 15) is 4.79 Å². The van der Waals surface area contributed by atoms with Gasteiger partial charge in [-0.2, -0.15) is 0 Å². The van der Waals surface area contributed by atoms with Gasteiger partial charge < -0.3 is 19.5 Å². The number of nitrogens with zero attached hydrogens (tertiary/aromatic N) is 3. The topological polar surface area (TPSA) is 87.5 Å². The van der Waals surface area contributed by atoms with Gasteiger partial charge in [-0.15, -0.1) is 10.2 Å². The van der Waals surface area contributed by atoms with Crippen LogP contribution in [0.4, 0.5) is 5.69 Å². The van der Waals surface area contributed by atoms with E-state index in [-0.39, 0.29) is 18.5 Å². The maximum absolute atomic E-state index is 12.6. The quantitative estimate of drug-likeness (QED) is 0.359. The predicted molar refractivity (Wildman–Crippen MR) is 130 cm³/mol. The highest BCUT2D eigenvalue weighted by Gasteiger charge is 2.18. The van der Waals surface area contributed by atoms with Crippen LogP contribution in [0.5, 0.6) is 17.2 Å². The molecule has 10 heteroatoms. The molecule has 0 radical (unpaired) electrons. The average molecular weight is 495 g/mol. The number of benzene rings is 3. The molecule has 0 bridgehead atoms. The van der Waals surface area contributed by atoms with E-state index in [0.29, 0.717) is 33.2 Å². The molecule has 8 nitrogen and oxygen atoms in total. The molecule has 1 aromatic heterocycles. The number of hydrogen-bond acceptors (Lipinski definition) is 7. The van der Waals surface area contributed by atoms with Crippen LogP contribution >= 0.6 is 23.4 Å². The number of carbonyl (C=O) groups excluding carboxylic acids is 1. The van der Waals surface area contributed by atoms with Crippen molar-refractivity contribution in [2.75, 3.05) is 25.0 Å². The summed E-state index contributed by atoms with van der Waals surface area (Å²) in [5.74, 6) is 2.62. The Balaban J connectivity index is 1.37. The minimum Gasteiger partial charge on any atom is -0.497 e. The number of ether oxygens (including phenoxy) is 3. The molecule has 3 aromatic carbocycles. The zero-order valence-corrected chi connectivity index (χ0v) is 19.6. The Labute approximate surface area is 204 Å². The van der Waals surface area contributed by atoms with Gasteiger partial charge in [0.15, 0.2) is 22.5 Å². The maximum atomic E-state index is 12.6. The van der Waals surface area contributed by atoms with E-state index >= 15 is 0 Å². The number of thioether (sulfide) groups is 1. The van der Waals surface area contributed by atoms with Gasteiger partial charge in [-0.1, -0.05) is 23.4 Å². The van der Waals surface area contributed by atoms with Crippen LogP contribution < -0.4 is 19.5 Å². The summed E-state index contributed by atoms with van der Waals surface area (Å²) in [6.45, 7) is 0.180. The molecule has 1 aliphatic heterocycles. The number of anilines is 1. The number of rotatable bonds is 7. The third-order valence-electron chi connectivity index (χ3n) is 5.06. The van der Waals surface area contributed by atoms with Crippen molar-refractivity contribution >= 4 is 35.0 Å².